The molecule has 2 aliphatic rings. The van der Waals surface area contributed by atoms with Gasteiger partial charge in [-0.05, 0) is 30.0 Å². The lowest BCUT2D eigenvalue weighted by Gasteiger charge is -2.29. The van der Waals surface area contributed by atoms with Crippen molar-refractivity contribution >= 4 is 5.78 Å². The minimum absolute atomic E-state index is 0.106. The number of halogens is 3. The molecule has 1 atom stereocenters. The Morgan fingerprint density at radius 2 is 1.71 bits per heavy atom. The van der Waals surface area contributed by atoms with Crippen LogP contribution in [0.5, 0.6) is 0 Å². The highest BCUT2D eigenvalue weighted by Crippen LogP contribution is 2.55. The molecule has 1 N–H and O–H groups in total. The Balaban J connectivity index is 1.91. The van der Waals surface area contributed by atoms with Gasteiger partial charge in [0.25, 0.3) is 0 Å². The van der Waals surface area contributed by atoms with Crippen LogP contribution in [0.25, 0.3) is 11.1 Å². The number of alkyl halides is 3. The average Bonchev–Trinajstić information content (AvgIpc) is 2.76. The van der Waals surface area contributed by atoms with Crippen LogP contribution in [0.4, 0.5) is 13.2 Å². The lowest BCUT2D eigenvalue weighted by Crippen LogP contribution is -2.41. The van der Waals surface area contributed by atoms with E-state index in [1.807, 2.05) is 0 Å². The summed E-state index contributed by atoms with van der Waals surface area (Å²) in [6.45, 7) is 0. The van der Waals surface area contributed by atoms with Crippen molar-refractivity contribution in [3.05, 3.63) is 59.2 Å². The van der Waals surface area contributed by atoms with Crippen LogP contribution < -0.4 is 0 Å². The zero-order chi connectivity index (χ0) is 17.1. The predicted molar refractivity (Wildman–Crippen MR) is 82.6 cm³/mol. The first-order valence-corrected chi connectivity index (χ1v) is 7.92. The average molecular weight is 332 g/mol. The quantitative estimate of drug-likeness (QED) is 0.825. The minimum atomic E-state index is -4.87. The molecule has 5 heteroatoms. The first-order chi connectivity index (χ1) is 11.3. The van der Waals surface area contributed by atoms with E-state index in [-0.39, 0.29) is 28.4 Å². The van der Waals surface area contributed by atoms with Crippen LogP contribution in [-0.4, -0.2) is 17.1 Å². The molecule has 2 aromatic carbocycles. The van der Waals surface area contributed by atoms with Crippen molar-refractivity contribution in [3.63, 3.8) is 0 Å². The number of fused-ring (bicyclic) bond motifs is 3. The van der Waals surface area contributed by atoms with Crippen molar-refractivity contribution in [2.24, 2.45) is 5.92 Å². The van der Waals surface area contributed by atoms with Crippen LogP contribution in [0.15, 0.2) is 42.5 Å². The zero-order valence-corrected chi connectivity index (χ0v) is 12.7. The van der Waals surface area contributed by atoms with E-state index >= 15 is 0 Å². The van der Waals surface area contributed by atoms with Gasteiger partial charge in [0.1, 0.15) is 0 Å². The molecule has 124 valence electrons. The van der Waals surface area contributed by atoms with Crippen molar-refractivity contribution in [3.8, 4) is 11.1 Å². The van der Waals surface area contributed by atoms with Gasteiger partial charge in [0.05, 0.1) is 0 Å². The summed E-state index contributed by atoms with van der Waals surface area (Å²) < 4.78 is 41.2. The number of Topliss-reactive ketones (excluding diaryl/α,β-unsaturated/α-hetero) is 1. The van der Waals surface area contributed by atoms with Gasteiger partial charge in [0.2, 0.25) is 5.60 Å². The van der Waals surface area contributed by atoms with E-state index in [9.17, 15) is 23.1 Å². The fourth-order valence-corrected chi connectivity index (χ4v) is 3.62. The largest absolute Gasteiger partial charge is 0.425 e. The molecular formula is C19H15F3O2. The molecule has 0 aromatic heterocycles. The molecule has 0 radical (unpaired) electrons. The summed E-state index contributed by atoms with van der Waals surface area (Å²) in [5, 5.41) is 10.6. The second kappa shape index (κ2) is 4.93. The molecule has 0 amide bonds. The highest BCUT2D eigenvalue weighted by Gasteiger charge is 2.60. The van der Waals surface area contributed by atoms with Crippen molar-refractivity contribution in [2.75, 3.05) is 0 Å². The first kappa shape index (κ1) is 15.4. The normalized spacial score (nSPS) is 22.7. The van der Waals surface area contributed by atoms with Crippen molar-refractivity contribution in [2.45, 2.75) is 31.0 Å². The minimum Gasteiger partial charge on any atom is -0.372 e. The highest BCUT2D eigenvalue weighted by atomic mass is 19.4. The van der Waals surface area contributed by atoms with E-state index < -0.39 is 11.8 Å². The second-order valence-corrected chi connectivity index (χ2v) is 6.51. The number of ketones is 1. The number of benzene rings is 2. The molecule has 0 heterocycles. The molecular weight excluding hydrogens is 317 g/mol. The third kappa shape index (κ3) is 1.91. The fraction of sp³-hybridized carbons (Fsp3) is 0.316. The Morgan fingerprint density at radius 1 is 1.04 bits per heavy atom. The molecule has 2 nitrogen and oxygen atoms in total. The SMILES string of the molecule is O=C(c1ccc2c(c1)C(O)(C(F)(F)F)c1ccccc1-2)C1CCC1. The zero-order valence-electron chi connectivity index (χ0n) is 12.7. The second-order valence-electron chi connectivity index (χ2n) is 6.51. The molecule has 1 saturated carbocycles. The third-order valence-corrected chi connectivity index (χ3v) is 5.19. The first-order valence-electron chi connectivity index (χ1n) is 7.92. The van der Waals surface area contributed by atoms with E-state index in [1.54, 1.807) is 18.2 Å². The lowest BCUT2D eigenvalue weighted by molar-refractivity contribution is -0.246. The molecule has 0 aliphatic heterocycles. The Hall–Kier alpha value is -2.14. The van der Waals surface area contributed by atoms with Crippen LogP contribution in [0.3, 0.4) is 0 Å². The molecule has 0 spiro atoms. The standard InChI is InChI=1S/C19H15F3O2/c20-19(21,22)18(24)15-7-2-1-6-13(15)14-9-8-12(10-16(14)18)17(23)11-4-3-5-11/h1-2,6-11,24H,3-5H2. The number of hydrogen-bond donors (Lipinski definition) is 1. The van der Waals surface area contributed by atoms with E-state index in [0.29, 0.717) is 11.1 Å². The maximum Gasteiger partial charge on any atom is 0.425 e. The lowest BCUT2D eigenvalue weighted by atomic mass is 9.79. The highest BCUT2D eigenvalue weighted by molar-refractivity contribution is 5.99. The van der Waals surface area contributed by atoms with E-state index in [0.717, 1.165) is 19.3 Å². The van der Waals surface area contributed by atoms with E-state index in [4.69, 9.17) is 0 Å². The summed E-state index contributed by atoms with van der Waals surface area (Å²) in [5.41, 5.74) is -2.57. The Bertz CT molecular complexity index is 837. The summed E-state index contributed by atoms with van der Waals surface area (Å²) in [4.78, 5) is 12.4. The van der Waals surface area contributed by atoms with Crippen molar-refractivity contribution in [1.82, 2.24) is 0 Å². The maximum atomic E-state index is 13.7. The molecule has 0 bridgehead atoms. The summed E-state index contributed by atoms with van der Waals surface area (Å²) >= 11 is 0. The monoisotopic (exact) mass is 332 g/mol. The van der Waals surface area contributed by atoms with Gasteiger partial charge in [-0.25, -0.2) is 0 Å². The van der Waals surface area contributed by atoms with Gasteiger partial charge in [-0.2, -0.15) is 13.2 Å². The van der Waals surface area contributed by atoms with Crippen LogP contribution in [0.1, 0.15) is 40.7 Å². The molecule has 4 rings (SSSR count). The number of hydrogen-bond acceptors (Lipinski definition) is 2. The van der Waals surface area contributed by atoms with Gasteiger partial charge in [-0.1, -0.05) is 42.8 Å². The van der Waals surface area contributed by atoms with Crippen LogP contribution in [-0.2, 0) is 5.60 Å². The summed E-state index contributed by atoms with van der Waals surface area (Å²) in [6.07, 6.45) is -2.34. The third-order valence-electron chi connectivity index (χ3n) is 5.19. The summed E-state index contributed by atoms with van der Waals surface area (Å²) in [6, 6.07) is 10.3. The fourth-order valence-electron chi connectivity index (χ4n) is 3.62. The van der Waals surface area contributed by atoms with Crippen LogP contribution in [0, 0.1) is 5.92 Å². The van der Waals surface area contributed by atoms with Gasteiger partial charge in [0, 0.05) is 22.6 Å². The van der Waals surface area contributed by atoms with E-state index in [1.165, 1.54) is 24.3 Å². The number of carbonyl (C=O) groups is 1. The molecule has 24 heavy (non-hydrogen) atoms. The molecule has 2 aliphatic carbocycles. The molecule has 1 unspecified atom stereocenters. The van der Waals surface area contributed by atoms with Crippen LogP contribution in [0.2, 0.25) is 0 Å². The number of rotatable bonds is 2. The van der Waals surface area contributed by atoms with Gasteiger partial charge in [-0.15, -0.1) is 0 Å². The molecule has 1 fully saturated rings. The predicted octanol–water partition coefficient (Wildman–Crippen LogP) is 4.45. The topological polar surface area (TPSA) is 37.3 Å². The van der Waals surface area contributed by atoms with Crippen molar-refractivity contribution < 1.29 is 23.1 Å². The van der Waals surface area contributed by atoms with E-state index in [2.05, 4.69) is 0 Å². The van der Waals surface area contributed by atoms with Gasteiger partial charge in [0.15, 0.2) is 5.78 Å². The van der Waals surface area contributed by atoms with Crippen molar-refractivity contribution in [1.29, 1.82) is 0 Å². The maximum absolute atomic E-state index is 13.7. The molecule has 0 saturated heterocycles. The smallest absolute Gasteiger partial charge is 0.372 e. The Labute approximate surface area is 136 Å². The van der Waals surface area contributed by atoms with Crippen LogP contribution >= 0.6 is 0 Å². The van der Waals surface area contributed by atoms with Gasteiger partial charge < -0.3 is 5.11 Å². The number of aliphatic hydroxyl groups is 1. The Morgan fingerprint density at radius 3 is 2.33 bits per heavy atom. The molecule has 2 aromatic rings. The number of carbonyl (C=O) groups excluding carboxylic acids is 1. The van der Waals surface area contributed by atoms with Gasteiger partial charge in [-0.3, -0.25) is 4.79 Å². The summed E-state index contributed by atoms with van der Waals surface area (Å²) in [5.74, 6) is -0.240. The summed E-state index contributed by atoms with van der Waals surface area (Å²) in [7, 11) is 0. The van der Waals surface area contributed by atoms with Gasteiger partial charge >= 0.3 is 6.18 Å². The Kier molecular flexibility index (Phi) is 3.16.